The summed E-state index contributed by atoms with van der Waals surface area (Å²) in [6.07, 6.45) is 0.835. The number of hydrogen-bond donors (Lipinski definition) is 0. The Balaban J connectivity index is 1.91. The van der Waals surface area contributed by atoms with E-state index in [1.54, 1.807) is 0 Å². The Morgan fingerprint density at radius 3 is 2.89 bits per heavy atom. The standard InChI is InChI=1S/C15H18N2O2/c1-10-13(11(2)19-16-10)8-12-4-5-14-15(9-12)18-7-6-17(14)3/h4-5,9H,6-8H2,1-3H3. The molecule has 100 valence electrons. The number of aryl methyl sites for hydroxylation is 2. The number of aromatic nitrogens is 1. The molecule has 1 aromatic carbocycles. The summed E-state index contributed by atoms with van der Waals surface area (Å²) < 4.78 is 10.9. The highest BCUT2D eigenvalue weighted by molar-refractivity contribution is 5.60. The van der Waals surface area contributed by atoms with Gasteiger partial charge >= 0.3 is 0 Å². The van der Waals surface area contributed by atoms with E-state index >= 15 is 0 Å². The summed E-state index contributed by atoms with van der Waals surface area (Å²) >= 11 is 0. The van der Waals surface area contributed by atoms with Gasteiger partial charge in [0.1, 0.15) is 18.1 Å². The van der Waals surface area contributed by atoms with Crippen LogP contribution in [0.15, 0.2) is 22.7 Å². The normalized spacial score (nSPS) is 14.2. The molecule has 19 heavy (non-hydrogen) atoms. The smallest absolute Gasteiger partial charge is 0.142 e. The van der Waals surface area contributed by atoms with Crippen LogP contribution in [0.25, 0.3) is 0 Å². The SMILES string of the molecule is Cc1noc(C)c1Cc1ccc2c(c1)OCCN2C. The number of ether oxygens (including phenoxy) is 1. The van der Waals surface area contributed by atoms with Crippen molar-refractivity contribution in [2.45, 2.75) is 20.3 Å². The van der Waals surface area contributed by atoms with E-state index in [-0.39, 0.29) is 0 Å². The van der Waals surface area contributed by atoms with E-state index in [2.05, 4.69) is 35.3 Å². The van der Waals surface area contributed by atoms with Crippen LogP contribution in [0.3, 0.4) is 0 Å². The predicted octanol–water partition coefficient (Wildman–Crippen LogP) is 2.71. The maximum atomic E-state index is 5.73. The summed E-state index contributed by atoms with van der Waals surface area (Å²) in [7, 11) is 2.09. The predicted molar refractivity (Wildman–Crippen MR) is 74.0 cm³/mol. The number of benzene rings is 1. The second-order valence-electron chi connectivity index (χ2n) is 5.05. The number of nitrogens with zero attached hydrogens (tertiary/aromatic N) is 2. The molecule has 0 saturated carbocycles. The fraction of sp³-hybridized carbons (Fsp3) is 0.400. The number of fused-ring (bicyclic) bond motifs is 1. The average molecular weight is 258 g/mol. The fourth-order valence-electron chi connectivity index (χ4n) is 2.47. The van der Waals surface area contributed by atoms with Crippen LogP contribution in [0.5, 0.6) is 5.75 Å². The first-order chi connectivity index (χ1) is 9.15. The topological polar surface area (TPSA) is 38.5 Å². The molecular weight excluding hydrogens is 240 g/mol. The van der Waals surface area contributed by atoms with Gasteiger partial charge in [0, 0.05) is 19.0 Å². The first-order valence-electron chi connectivity index (χ1n) is 6.54. The zero-order chi connectivity index (χ0) is 13.4. The lowest BCUT2D eigenvalue weighted by Gasteiger charge is -2.28. The zero-order valence-corrected chi connectivity index (χ0v) is 11.6. The van der Waals surface area contributed by atoms with Gasteiger partial charge in [-0.05, 0) is 31.5 Å². The first kappa shape index (κ1) is 12.1. The molecule has 2 heterocycles. The Labute approximate surface area is 113 Å². The lowest BCUT2D eigenvalue weighted by molar-refractivity contribution is 0.311. The lowest BCUT2D eigenvalue weighted by Crippen LogP contribution is -2.28. The second kappa shape index (κ2) is 4.61. The quantitative estimate of drug-likeness (QED) is 0.830. The third kappa shape index (κ3) is 2.18. The van der Waals surface area contributed by atoms with Crippen LogP contribution in [0.1, 0.15) is 22.6 Å². The molecule has 0 aliphatic carbocycles. The van der Waals surface area contributed by atoms with Crippen LogP contribution in [0.2, 0.25) is 0 Å². The van der Waals surface area contributed by atoms with Crippen molar-refractivity contribution < 1.29 is 9.26 Å². The van der Waals surface area contributed by atoms with Crippen LogP contribution in [0, 0.1) is 13.8 Å². The van der Waals surface area contributed by atoms with Crippen molar-refractivity contribution in [2.24, 2.45) is 0 Å². The summed E-state index contributed by atoms with van der Waals surface area (Å²) in [5.41, 5.74) is 4.52. The van der Waals surface area contributed by atoms with Crippen molar-refractivity contribution in [1.82, 2.24) is 5.16 Å². The molecule has 1 aliphatic heterocycles. The molecule has 4 heteroatoms. The molecule has 0 saturated heterocycles. The molecule has 4 nitrogen and oxygen atoms in total. The first-order valence-corrected chi connectivity index (χ1v) is 6.54. The van der Waals surface area contributed by atoms with Crippen molar-refractivity contribution in [3.63, 3.8) is 0 Å². The number of likely N-dealkylation sites (N-methyl/N-ethyl adjacent to an activating group) is 1. The molecular formula is C15H18N2O2. The summed E-state index contributed by atoms with van der Waals surface area (Å²) in [6.45, 7) is 5.63. The van der Waals surface area contributed by atoms with Gasteiger partial charge < -0.3 is 14.2 Å². The Hall–Kier alpha value is -1.97. The van der Waals surface area contributed by atoms with Gasteiger partial charge in [0.2, 0.25) is 0 Å². The lowest BCUT2D eigenvalue weighted by atomic mass is 10.0. The van der Waals surface area contributed by atoms with Crippen LogP contribution in [0.4, 0.5) is 5.69 Å². The number of rotatable bonds is 2. The molecule has 2 aromatic rings. The molecule has 0 radical (unpaired) electrons. The fourth-order valence-corrected chi connectivity index (χ4v) is 2.47. The number of anilines is 1. The van der Waals surface area contributed by atoms with Gasteiger partial charge in [-0.1, -0.05) is 11.2 Å². The molecule has 0 bridgehead atoms. The minimum atomic E-state index is 0.748. The molecule has 0 unspecified atom stereocenters. The molecule has 0 amide bonds. The molecule has 1 aliphatic rings. The highest BCUT2D eigenvalue weighted by atomic mass is 16.5. The maximum absolute atomic E-state index is 5.73. The van der Waals surface area contributed by atoms with Gasteiger partial charge in [-0.25, -0.2) is 0 Å². The Morgan fingerprint density at radius 1 is 1.32 bits per heavy atom. The summed E-state index contributed by atoms with van der Waals surface area (Å²) in [5.74, 6) is 1.87. The maximum Gasteiger partial charge on any atom is 0.142 e. The van der Waals surface area contributed by atoms with E-state index in [9.17, 15) is 0 Å². The van der Waals surface area contributed by atoms with Gasteiger partial charge in [-0.3, -0.25) is 0 Å². The summed E-state index contributed by atoms with van der Waals surface area (Å²) in [6, 6.07) is 6.40. The molecule has 0 fully saturated rings. The second-order valence-corrected chi connectivity index (χ2v) is 5.05. The van der Waals surface area contributed by atoms with Crippen molar-refractivity contribution in [3.8, 4) is 5.75 Å². The third-order valence-electron chi connectivity index (χ3n) is 3.68. The largest absolute Gasteiger partial charge is 0.490 e. The molecule has 0 N–H and O–H groups in total. The van der Waals surface area contributed by atoms with Crippen LogP contribution in [-0.2, 0) is 6.42 Å². The van der Waals surface area contributed by atoms with Crippen molar-refractivity contribution in [1.29, 1.82) is 0 Å². The molecule has 0 atom stereocenters. The van der Waals surface area contributed by atoms with Crippen LogP contribution >= 0.6 is 0 Å². The monoisotopic (exact) mass is 258 g/mol. The molecule has 1 aromatic heterocycles. The summed E-state index contributed by atoms with van der Waals surface area (Å²) in [5, 5.41) is 4.00. The van der Waals surface area contributed by atoms with Gasteiger partial charge in [0.05, 0.1) is 17.9 Å². The molecule has 0 spiro atoms. The van der Waals surface area contributed by atoms with Crippen molar-refractivity contribution in [2.75, 3.05) is 25.1 Å². The van der Waals surface area contributed by atoms with E-state index in [0.717, 1.165) is 42.5 Å². The van der Waals surface area contributed by atoms with Gasteiger partial charge in [-0.2, -0.15) is 0 Å². The van der Waals surface area contributed by atoms with E-state index in [1.807, 2.05) is 13.8 Å². The number of hydrogen-bond acceptors (Lipinski definition) is 4. The van der Waals surface area contributed by atoms with Crippen LogP contribution < -0.4 is 9.64 Å². The molecule has 3 rings (SSSR count). The van der Waals surface area contributed by atoms with Crippen LogP contribution in [-0.4, -0.2) is 25.4 Å². The van der Waals surface area contributed by atoms with E-state index < -0.39 is 0 Å². The minimum absolute atomic E-state index is 0.748. The zero-order valence-electron chi connectivity index (χ0n) is 11.6. The van der Waals surface area contributed by atoms with E-state index in [1.165, 1.54) is 11.1 Å². The Bertz CT molecular complexity index is 585. The third-order valence-corrected chi connectivity index (χ3v) is 3.68. The minimum Gasteiger partial charge on any atom is -0.490 e. The summed E-state index contributed by atoms with van der Waals surface area (Å²) in [4.78, 5) is 2.22. The Morgan fingerprint density at radius 2 is 2.16 bits per heavy atom. The van der Waals surface area contributed by atoms with Gasteiger partial charge in [0.15, 0.2) is 0 Å². The van der Waals surface area contributed by atoms with Crippen molar-refractivity contribution in [3.05, 3.63) is 40.8 Å². The highest BCUT2D eigenvalue weighted by Crippen LogP contribution is 2.32. The highest BCUT2D eigenvalue weighted by Gasteiger charge is 2.16. The average Bonchev–Trinajstić information content (AvgIpc) is 2.71. The van der Waals surface area contributed by atoms with E-state index in [0.29, 0.717) is 0 Å². The van der Waals surface area contributed by atoms with Crippen molar-refractivity contribution >= 4 is 5.69 Å². The van der Waals surface area contributed by atoms with E-state index in [4.69, 9.17) is 9.26 Å². The van der Waals surface area contributed by atoms with Gasteiger partial charge in [-0.15, -0.1) is 0 Å². The Kier molecular flexibility index (Phi) is 2.93. The van der Waals surface area contributed by atoms with Gasteiger partial charge in [0.25, 0.3) is 0 Å².